The number of carbonyl (C=O) groups is 1. The van der Waals surface area contributed by atoms with Gasteiger partial charge in [0.2, 0.25) is 5.91 Å². The van der Waals surface area contributed by atoms with Crippen LogP contribution in [0.1, 0.15) is 46.0 Å². The lowest BCUT2D eigenvalue weighted by Crippen LogP contribution is -2.52. The third-order valence-electron chi connectivity index (χ3n) is 3.66. The minimum atomic E-state index is -0.374. The predicted molar refractivity (Wildman–Crippen MR) is 68.4 cm³/mol. The van der Waals surface area contributed by atoms with E-state index in [-0.39, 0.29) is 24.0 Å². The van der Waals surface area contributed by atoms with Crippen molar-refractivity contribution < 1.29 is 9.90 Å². The first-order valence-corrected chi connectivity index (χ1v) is 6.66. The molecule has 0 aliphatic heterocycles. The molecule has 1 aliphatic rings. The smallest absolute Gasteiger partial charge is 0.224 e. The van der Waals surface area contributed by atoms with Gasteiger partial charge in [0.05, 0.1) is 18.1 Å². The highest BCUT2D eigenvalue weighted by molar-refractivity contribution is 5.79. The van der Waals surface area contributed by atoms with Crippen molar-refractivity contribution in [1.29, 1.82) is 0 Å². The van der Waals surface area contributed by atoms with Crippen molar-refractivity contribution in [2.24, 2.45) is 17.6 Å². The van der Waals surface area contributed by atoms with Crippen LogP contribution in [0, 0.1) is 11.8 Å². The molecule has 0 radical (unpaired) electrons. The molecular formula is C13H26N2O2. The second kappa shape index (κ2) is 6.36. The van der Waals surface area contributed by atoms with Gasteiger partial charge in [0, 0.05) is 6.54 Å². The number of nitrogens with one attached hydrogen (secondary N) is 1. The molecule has 17 heavy (non-hydrogen) atoms. The molecule has 1 unspecified atom stereocenters. The molecule has 4 N–H and O–H groups in total. The van der Waals surface area contributed by atoms with E-state index in [1.165, 1.54) is 0 Å². The summed E-state index contributed by atoms with van der Waals surface area (Å²) in [5.41, 5.74) is 5.28. The Morgan fingerprint density at radius 2 is 2.00 bits per heavy atom. The van der Waals surface area contributed by atoms with Gasteiger partial charge in [-0.1, -0.05) is 26.7 Å². The van der Waals surface area contributed by atoms with E-state index in [1.807, 2.05) is 0 Å². The van der Waals surface area contributed by atoms with E-state index in [2.05, 4.69) is 19.2 Å². The highest BCUT2D eigenvalue weighted by atomic mass is 16.3. The molecule has 0 saturated heterocycles. The first-order chi connectivity index (χ1) is 8.03. The third kappa shape index (κ3) is 3.96. The molecule has 100 valence electrons. The molecular weight excluding hydrogens is 216 g/mol. The van der Waals surface area contributed by atoms with Crippen LogP contribution in [0.2, 0.25) is 0 Å². The summed E-state index contributed by atoms with van der Waals surface area (Å²) < 4.78 is 0. The molecule has 0 heterocycles. The molecule has 1 aliphatic carbocycles. The molecule has 0 aromatic carbocycles. The van der Waals surface area contributed by atoms with Gasteiger partial charge in [0.15, 0.2) is 0 Å². The number of hydrogen-bond donors (Lipinski definition) is 3. The Bertz CT molecular complexity index is 248. The first kappa shape index (κ1) is 14.5. The van der Waals surface area contributed by atoms with Gasteiger partial charge in [-0.15, -0.1) is 0 Å². The summed E-state index contributed by atoms with van der Waals surface area (Å²) in [7, 11) is 0. The Hall–Kier alpha value is -0.610. The lowest BCUT2D eigenvalue weighted by atomic mass is 9.93. The highest BCUT2D eigenvalue weighted by Gasteiger charge is 2.36. The van der Waals surface area contributed by atoms with Crippen LogP contribution in [0.5, 0.6) is 0 Å². The highest BCUT2D eigenvalue weighted by Crippen LogP contribution is 2.29. The van der Waals surface area contributed by atoms with Gasteiger partial charge in [-0.05, 0) is 25.2 Å². The Balaban J connectivity index is 2.56. The number of hydrogen-bond acceptors (Lipinski definition) is 3. The molecule has 1 atom stereocenters. The second-order valence-electron chi connectivity index (χ2n) is 5.70. The van der Waals surface area contributed by atoms with Crippen molar-refractivity contribution in [3.63, 3.8) is 0 Å². The SMILES string of the molecule is CC(C)CC(CN)C(=O)NC1(CO)CCCC1. The molecule has 1 fully saturated rings. The molecule has 1 saturated carbocycles. The van der Waals surface area contributed by atoms with Crippen LogP contribution in [0.4, 0.5) is 0 Å². The molecule has 0 aromatic heterocycles. The normalized spacial score (nSPS) is 20.5. The van der Waals surface area contributed by atoms with E-state index >= 15 is 0 Å². The average molecular weight is 242 g/mol. The largest absolute Gasteiger partial charge is 0.394 e. The maximum absolute atomic E-state index is 12.1. The van der Waals surface area contributed by atoms with Crippen LogP contribution in [0.3, 0.4) is 0 Å². The summed E-state index contributed by atoms with van der Waals surface area (Å²) in [5, 5.41) is 12.5. The fourth-order valence-corrected chi connectivity index (χ4v) is 2.62. The monoisotopic (exact) mass is 242 g/mol. The van der Waals surface area contributed by atoms with Gasteiger partial charge in [0.25, 0.3) is 0 Å². The van der Waals surface area contributed by atoms with Gasteiger partial charge in [0.1, 0.15) is 0 Å². The number of carbonyl (C=O) groups excluding carboxylic acids is 1. The predicted octanol–water partition coefficient (Wildman–Crippen LogP) is 1.03. The van der Waals surface area contributed by atoms with Crippen LogP contribution < -0.4 is 11.1 Å². The Morgan fingerprint density at radius 1 is 1.41 bits per heavy atom. The topological polar surface area (TPSA) is 75.4 Å². The minimum absolute atomic E-state index is 0.0113. The van der Waals surface area contributed by atoms with Crippen LogP contribution in [0.15, 0.2) is 0 Å². The zero-order valence-corrected chi connectivity index (χ0v) is 11.0. The number of nitrogens with two attached hydrogens (primary N) is 1. The number of amides is 1. The zero-order chi connectivity index (χ0) is 12.9. The van der Waals surface area contributed by atoms with Crippen molar-refractivity contribution >= 4 is 5.91 Å². The van der Waals surface area contributed by atoms with Gasteiger partial charge in [-0.25, -0.2) is 0 Å². The van der Waals surface area contributed by atoms with Crippen LogP contribution in [-0.2, 0) is 4.79 Å². The van der Waals surface area contributed by atoms with Crippen molar-refractivity contribution in [3.8, 4) is 0 Å². The van der Waals surface area contributed by atoms with E-state index < -0.39 is 0 Å². The van der Waals surface area contributed by atoms with E-state index in [4.69, 9.17) is 5.73 Å². The molecule has 0 spiro atoms. The minimum Gasteiger partial charge on any atom is -0.394 e. The molecule has 4 nitrogen and oxygen atoms in total. The maximum atomic E-state index is 12.1. The fraction of sp³-hybridized carbons (Fsp3) is 0.923. The van der Waals surface area contributed by atoms with Gasteiger partial charge >= 0.3 is 0 Å². The van der Waals surface area contributed by atoms with Crippen LogP contribution in [-0.4, -0.2) is 29.7 Å². The first-order valence-electron chi connectivity index (χ1n) is 6.66. The van der Waals surface area contributed by atoms with E-state index in [0.717, 1.165) is 32.1 Å². The number of aliphatic hydroxyl groups is 1. The second-order valence-corrected chi connectivity index (χ2v) is 5.70. The summed E-state index contributed by atoms with van der Waals surface area (Å²) in [6.07, 6.45) is 4.74. The Morgan fingerprint density at radius 3 is 2.41 bits per heavy atom. The fourth-order valence-electron chi connectivity index (χ4n) is 2.62. The average Bonchev–Trinajstić information content (AvgIpc) is 2.74. The van der Waals surface area contributed by atoms with E-state index in [0.29, 0.717) is 12.5 Å². The van der Waals surface area contributed by atoms with E-state index in [1.54, 1.807) is 0 Å². The van der Waals surface area contributed by atoms with Gasteiger partial charge in [-0.2, -0.15) is 0 Å². The maximum Gasteiger partial charge on any atom is 0.224 e. The summed E-state index contributed by atoms with van der Waals surface area (Å²) in [6, 6.07) is 0. The summed E-state index contributed by atoms with van der Waals surface area (Å²) in [4.78, 5) is 12.1. The summed E-state index contributed by atoms with van der Waals surface area (Å²) in [6.45, 7) is 4.60. The standard InChI is InChI=1S/C13H26N2O2/c1-10(2)7-11(8-14)12(17)15-13(9-16)5-3-4-6-13/h10-11,16H,3-9,14H2,1-2H3,(H,15,17). The van der Waals surface area contributed by atoms with Crippen LogP contribution in [0.25, 0.3) is 0 Å². The lowest BCUT2D eigenvalue weighted by Gasteiger charge is -2.30. The third-order valence-corrected chi connectivity index (χ3v) is 3.66. The Labute approximate surface area is 104 Å². The van der Waals surface area contributed by atoms with Crippen LogP contribution >= 0.6 is 0 Å². The summed E-state index contributed by atoms with van der Waals surface area (Å²) in [5.74, 6) is 0.346. The number of aliphatic hydroxyl groups excluding tert-OH is 1. The zero-order valence-electron chi connectivity index (χ0n) is 11.0. The molecule has 0 aromatic rings. The lowest BCUT2D eigenvalue weighted by molar-refractivity contribution is -0.127. The van der Waals surface area contributed by atoms with Gasteiger partial charge in [-0.3, -0.25) is 4.79 Å². The van der Waals surface area contributed by atoms with Crippen molar-refractivity contribution in [2.45, 2.75) is 51.5 Å². The quantitative estimate of drug-likeness (QED) is 0.651. The Kier molecular flexibility index (Phi) is 5.40. The van der Waals surface area contributed by atoms with E-state index in [9.17, 15) is 9.90 Å². The van der Waals surface area contributed by atoms with Gasteiger partial charge < -0.3 is 16.2 Å². The number of rotatable bonds is 6. The van der Waals surface area contributed by atoms with Crippen molar-refractivity contribution in [2.75, 3.05) is 13.2 Å². The molecule has 1 amide bonds. The molecule has 4 heteroatoms. The van der Waals surface area contributed by atoms with Crippen molar-refractivity contribution in [3.05, 3.63) is 0 Å². The van der Waals surface area contributed by atoms with Crippen molar-refractivity contribution in [1.82, 2.24) is 5.32 Å². The summed E-state index contributed by atoms with van der Waals surface area (Å²) >= 11 is 0. The molecule has 1 rings (SSSR count). The molecule has 0 bridgehead atoms.